The van der Waals surface area contributed by atoms with Crippen LogP contribution >= 0.6 is 0 Å². The first kappa shape index (κ1) is 22.8. The SMILES string of the molecule is CCNC(=O)N1CCN(C(=O)OCc2ccccc2)[C@@H](C(=O)NOC2CCCCO2)C1. The summed E-state index contributed by atoms with van der Waals surface area (Å²) in [6.45, 7) is 3.46. The Morgan fingerprint density at radius 2 is 1.97 bits per heavy atom. The molecule has 2 fully saturated rings. The lowest BCUT2D eigenvalue weighted by molar-refractivity contribution is -0.202. The number of urea groups is 1. The molecule has 1 unspecified atom stereocenters. The molecule has 2 N–H and O–H groups in total. The van der Waals surface area contributed by atoms with E-state index in [0.29, 0.717) is 26.1 Å². The van der Waals surface area contributed by atoms with Gasteiger partial charge in [-0.05, 0) is 25.3 Å². The summed E-state index contributed by atoms with van der Waals surface area (Å²) in [6.07, 6.45) is 1.46. The number of carbonyl (C=O) groups is 3. The third kappa shape index (κ3) is 6.56. The van der Waals surface area contributed by atoms with Crippen LogP contribution in [0.1, 0.15) is 31.7 Å². The van der Waals surface area contributed by atoms with E-state index in [1.807, 2.05) is 37.3 Å². The summed E-state index contributed by atoms with van der Waals surface area (Å²) in [5.41, 5.74) is 3.24. The molecule has 0 spiro atoms. The average molecular weight is 434 g/mol. The maximum Gasteiger partial charge on any atom is 0.410 e. The van der Waals surface area contributed by atoms with Crippen LogP contribution in [0.15, 0.2) is 30.3 Å². The van der Waals surface area contributed by atoms with Crippen LogP contribution in [0.2, 0.25) is 0 Å². The van der Waals surface area contributed by atoms with Crippen LogP contribution in [0.4, 0.5) is 9.59 Å². The molecule has 2 aliphatic rings. The van der Waals surface area contributed by atoms with Crippen molar-refractivity contribution in [3.63, 3.8) is 0 Å². The van der Waals surface area contributed by atoms with Crippen molar-refractivity contribution >= 4 is 18.0 Å². The van der Waals surface area contributed by atoms with Crippen LogP contribution in [0.25, 0.3) is 0 Å². The lowest BCUT2D eigenvalue weighted by Crippen LogP contribution is -2.62. The molecule has 0 saturated carbocycles. The van der Waals surface area contributed by atoms with E-state index < -0.39 is 24.3 Å². The predicted molar refractivity (Wildman–Crippen MR) is 111 cm³/mol. The molecule has 1 aromatic rings. The molecular weight excluding hydrogens is 404 g/mol. The quantitative estimate of drug-likeness (QED) is 0.659. The summed E-state index contributed by atoms with van der Waals surface area (Å²) in [4.78, 5) is 46.1. The number of amides is 4. The van der Waals surface area contributed by atoms with Gasteiger partial charge in [-0.1, -0.05) is 30.3 Å². The minimum absolute atomic E-state index is 0.0347. The Morgan fingerprint density at radius 1 is 1.16 bits per heavy atom. The molecule has 2 heterocycles. The Hall–Kier alpha value is -2.85. The fourth-order valence-corrected chi connectivity index (χ4v) is 3.47. The fraction of sp³-hybridized carbons (Fsp3) is 0.571. The number of rotatable bonds is 6. The van der Waals surface area contributed by atoms with Crippen molar-refractivity contribution in [2.75, 3.05) is 32.8 Å². The molecule has 1 aromatic carbocycles. The van der Waals surface area contributed by atoms with E-state index in [-0.39, 0.29) is 25.7 Å². The molecule has 0 aliphatic carbocycles. The zero-order valence-corrected chi connectivity index (χ0v) is 17.7. The smallest absolute Gasteiger partial charge is 0.410 e. The van der Waals surface area contributed by atoms with Crippen molar-refractivity contribution in [1.82, 2.24) is 20.6 Å². The van der Waals surface area contributed by atoms with Crippen molar-refractivity contribution < 1.29 is 28.7 Å². The molecule has 10 heteroatoms. The maximum atomic E-state index is 12.9. The van der Waals surface area contributed by atoms with E-state index in [9.17, 15) is 14.4 Å². The minimum atomic E-state index is -0.941. The highest BCUT2D eigenvalue weighted by atomic mass is 16.8. The van der Waals surface area contributed by atoms with Gasteiger partial charge >= 0.3 is 12.1 Å². The molecule has 0 bridgehead atoms. The second-order valence-electron chi connectivity index (χ2n) is 7.41. The lowest BCUT2D eigenvalue weighted by Gasteiger charge is -2.39. The molecular formula is C21H30N4O6. The predicted octanol–water partition coefficient (Wildman–Crippen LogP) is 1.61. The standard InChI is InChI=1S/C21H30N4O6/c1-2-22-20(27)24-11-12-25(21(28)30-15-16-8-4-3-5-9-16)17(14-24)19(26)23-31-18-10-6-7-13-29-18/h3-5,8-9,17-18H,2,6-7,10-15H2,1H3,(H,22,27)(H,23,26)/t17-,18?/m1/s1. The molecule has 170 valence electrons. The number of piperazine rings is 1. The van der Waals surface area contributed by atoms with Gasteiger partial charge in [0.15, 0.2) is 6.29 Å². The van der Waals surface area contributed by atoms with Gasteiger partial charge in [0.05, 0.1) is 6.54 Å². The summed E-state index contributed by atoms with van der Waals surface area (Å²) >= 11 is 0. The Balaban J connectivity index is 1.62. The van der Waals surface area contributed by atoms with Crippen LogP contribution in [-0.4, -0.2) is 72.9 Å². The summed E-state index contributed by atoms with van der Waals surface area (Å²) in [7, 11) is 0. The third-order valence-corrected chi connectivity index (χ3v) is 5.17. The van der Waals surface area contributed by atoms with Crippen molar-refractivity contribution in [1.29, 1.82) is 0 Å². The Kier molecular flexibility index (Phi) is 8.48. The zero-order chi connectivity index (χ0) is 22.1. The van der Waals surface area contributed by atoms with Gasteiger partial charge in [-0.25, -0.2) is 19.9 Å². The highest BCUT2D eigenvalue weighted by Crippen LogP contribution is 2.16. The molecule has 0 aromatic heterocycles. The van der Waals surface area contributed by atoms with Crippen LogP contribution < -0.4 is 10.8 Å². The second-order valence-corrected chi connectivity index (χ2v) is 7.41. The van der Waals surface area contributed by atoms with Crippen molar-refractivity contribution in [3.8, 4) is 0 Å². The fourth-order valence-electron chi connectivity index (χ4n) is 3.47. The number of nitrogens with zero attached hydrogens (tertiary/aromatic N) is 2. The number of benzene rings is 1. The molecule has 2 aliphatic heterocycles. The number of hydroxylamine groups is 1. The van der Waals surface area contributed by atoms with E-state index in [2.05, 4.69) is 10.8 Å². The summed E-state index contributed by atoms with van der Waals surface area (Å²) in [5.74, 6) is -0.528. The van der Waals surface area contributed by atoms with Gasteiger partial charge in [0.2, 0.25) is 0 Å². The number of nitrogens with one attached hydrogen (secondary N) is 2. The Morgan fingerprint density at radius 3 is 2.68 bits per heavy atom. The number of hydrogen-bond donors (Lipinski definition) is 2. The van der Waals surface area contributed by atoms with Crippen molar-refractivity contribution in [2.24, 2.45) is 0 Å². The van der Waals surface area contributed by atoms with E-state index in [1.54, 1.807) is 0 Å². The van der Waals surface area contributed by atoms with Crippen molar-refractivity contribution in [2.45, 2.75) is 45.1 Å². The van der Waals surface area contributed by atoms with E-state index in [1.165, 1.54) is 9.80 Å². The number of carbonyl (C=O) groups excluding carboxylic acids is 3. The molecule has 2 saturated heterocycles. The normalized spacial score (nSPS) is 21.3. The first-order valence-corrected chi connectivity index (χ1v) is 10.7. The van der Waals surface area contributed by atoms with E-state index >= 15 is 0 Å². The number of hydrogen-bond acceptors (Lipinski definition) is 6. The topological polar surface area (TPSA) is 109 Å². The van der Waals surface area contributed by atoms with Crippen LogP contribution in [0.5, 0.6) is 0 Å². The second kappa shape index (κ2) is 11.5. The van der Waals surface area contributed by atoms with Gasteiger partial charge in [0.25, 0.3) is 5.91 Å². The summed E-state index contributed by atoms with van der Waals surface area (Å²) < 4.78 is 10.9. The number of ether oxygens (including phenoxy) is 2. The third-order valence-electron chi connectivity index (χ3n) is 5.17. The first-order chi connectivity index (χ1) is 15.1. The zero-order valence-electron chi connectivity index (χ0n) is 17.7. The van der Waals surface area contributed by atoms with Gasteiger partial charge in [0, 0.05) is 32.7 Å². The molecule has 10 nitrogen and oxygen atoms in total. The highest BCUT2D eigenvalue weighted by Gasteiger charge is 2.38. The largest absolute Gasteiger partial charge is 0.445 e. The minimum Gasteiger partial charge on any atom is -0.445 e. The van der Waals surface area contributed by atoms with E-state index in [4.69, 9.17) is 14.3 Å². The summed E-state index contributed by atoms with van der Waals surface area (Å²) in [6, 6.07) is 8.06. The van der Waals surface area contributed by atoms with Gasteiger partial charge in [-0.2, -0.15) is 0 Å². The molecule has 2 atom stereocenters. The maximum absolute atomic E-state index is 12.9. The Labute approximate surface area is 181 Å². The molecule has 4 amide bonds. The highest BCUT2D eigenvalue weighted by molar-refractivity contribution is 5.86. The van der Waals surface area contributed by atoms with Gasteiger partial charge in [-0.3, -0.25) is 9.69 Å². The Bertz CT molecular complexity index is 741. The monoisotopic (exact) mass is 434 g/mol. The average Bonchev–Trinajstić information content (AvgIpc) is 2.82. The molecule has 31 heavy (non-hydrogen) atoms. The van der Waals surface area contributed by atoms with Gasteiger partial charge in [-0.15, -0.1) is 0 Å². The van der Waals surface area contributed by atoms with Crippen molar-refractivity contribution in [3.05, 3.63) is 35.9 Å². The van der Waals surface area contributed by atoms with Crippen LogP contribution in [-0.2, 0) is 25.7 Å². The van der Waals surface area contributed by atoms with Crippen LogP contribution in [0, 0.1) is 0 Å². The summed E-state index contributed by atoms with van der Waals surface area (Å²) in [5, 5.41) is 2.72. The lowest BCUT2D eigenvalue weighted by atomic mass is 10.1. The van der Waals surface area contributed by atoms with E-state index in [0.717, 1.165) is 18.4 Å². The van der Waals surface area contributed by atoms with Gasteiger partial charge < -0.3 is 19.7 Å². The molecule has 0 radical (unpaired) electrons. The molecule has 3 rings (SSSR count). The first-order valence-electron chi connectivity index (χ1n) is 10.7. The van der Waals surface area contributed by atoms with Gasteiger partial charge in [0.1, 0.15) is 12.6 Å². The van der Waals surface area contributed by atoms with Crippen LogP contribution in [0.3, 0.4) is 0 Å².